The summed E-state index contributed by atoms with van der Waals surface area (Å²) in [5, 5.41) is 14.5. The molecule has 3 heterocycles. The fourth-order valence-electron chi connectivity index (χ4n) is 3.10. The fraction of sp³-hybridized carbons (Fsp3) is 0.235. The molecule has 0 spiro atoms. The van der Waals surface area contributed by atoms with Gasteiger partial charge in [0.15, 0.2) is 0 Å². The molecule has 0 aliphatic carbocycles. The van der Waals surface area contributed by atoms with Crippen LogP contribution in [0.15, 0.2) is 47.3 Å². The number of amides is 1. The van der Waals surface area contributed by atoms with E-state index in [0.29, 0.717) is 13.1 Å². The average Bonchev–Trinajstić information content (AvgIpc) is 3.23. The van der Waals surface area contributed by atoms with Crippen molar-refractivity contribution in [2.75, 3.05) is 31.1 Å². The summed E-state index contributed by atoms with van der Waals surface area (Å²) >= 11 is 1.69. The van der Waals surface area contributed by atoms with Crippen molar-refractivity contribution >= 4 is 34.0 Å². The summed E-state index contributed by atoms with van der Waals surface area (Å²) in [6.45, 7) is 2.60. The highest BCUT2D eigenvalue weighted by Crippen LogP contribution is 2.27. The third-order valence-corrected chi connectivity index (χ3v) is 5.04. The molecule has 1 amide bonds. The summed E-state index contributed by atoms with van der Waals surface area (Å²) in [4.78, 5) is 14.7. The van der Waals surface area contributed by atoms with E-state index in [0.717, 1.165) is 18.8 Å². The minimum atomic E-state index is -0.826. The summed E-state index contributed by atoms with van der Waals surface area (Å²) in [6, 6.07) is 10.7. The molecular weight excluding hydrogens is 310 g/mol. The highest BCUT2D eigenvalue weighted by molar-refractivity contribution is 7.08. The Hall–Kier alpha value is -2.47. The molecule has 1 aromatic carbocycles. The van der Waals surface area contributed by atoms with E-state index in [1.165, 1.54) is 21.5 Å². The van der Waals surface area contributed by atoms with Crippen LogP contribution in [-0.4, -0.2) is 46.8 Å². The van der Waals surface area contributed by atoms with Gasteiger partial charge in [-0.2, -0.15) is 11.3 Å². The monoisotopic (exact) mass is 327 g/mol. The van der Waals surface area contributed by atoms with Gasteiger partial charge < -0.3 is 19.5 Å². The lowest BCUT2D eigenvalue weighted by atomic mass is 10.2. The Bertz CT molecular complexity index is 833. The molecule has 5 nitrogen and oxygen atoms in total. The number of thiophene rings is 1. The van der Waals surface area contributed by atoms with Gasteiger partial charge in [-0.3, -0.25) is 0 Å². The van der Waals surface area contributed by atoms with Crippen molar-refractivity contribution in [1.29, 1.82) is 0 Å². The van der Waals surface area contributed by atoms with Gasteiger partial charge in [0.2, 0.25) is 0 Å². The molecule has 6 heteroatoms. The maximum atomic E-state index is 11.0. The highest BCUT2D eigenvalue weighted by Gasteiger charge is 2.20. The number of piperazine rings is 1. The summed E-state index contributed by atoms with van der Waals surface area (Å²) < 4.78 is 2.19. The summed E-state index contributed by atoms with van der Waals surface area (Å²) in [5.74, 6) is 0. The third kappa shape index (κ3) is 2.55. The first-order valence-electron chi connectivity index (χ1n) is 7.59. The number of aromatic nitrogens is 1. The van der Waals surface area contributed by atoms with Crippen LogP contribution >= 0.6 is 11.3 Å². The van der Waals surface area contributed by atoms with Gasteiger partial charge in [-0.25, -0.2) is 4.79 Å². The Kier molecular flexibility index (Phi) is 3.46. The van der Waals surface area contributed by atoms with Crippen molar-refractivity contribution in [2.45, 2.75) is 0 Å². The van der Waals surface area contributed by atoms with Crippen LogP contribution in [0.4, 0.5) is 10.5 Å². The molecule has 0 saturated carbocycles. The molecule has 0 unspecified atom stereocenters. The van der Waals surface area contributed by atoms with E-state index in [4.69, 9.17) is 5.11 Å². The van der Waals surface area contributed by atoms with Crippen LogP contribution in [0.25, 0.3) is 16.6 Å². The van der Waals surface area contributed by atoms with E-state index in [1.807, 2.05) is 0 Å². The molecule has 0 radical (unpaired) electrons. The van der Waals surface area contributed by atoms with E-state index >= 15 is 0 Å². The average molecular weight is 327 g/mol. The number of rotatable bonds is 2. The number of nitrogens with zero attached hydrogens (tertiary/aromatic N) is 3. The van der Waals surface area contributed by atoms with Gasteiger partial charge in [-0.1, -0.05) is 0 Å². The lowest BCUT2D eigenvalue weighted by Gasteiger charge is -2.34. The van der Waals surface area contributed by atoms with Gasteiger partial charge in [0.25, 0.3) is 0 Å². The van der Waals surface area contributed by atoms with Crippen molar-refractivity contribution in [3.8, 4) is 5.69 Å². The van der Waals surface area contributed by atoms with Gasteiger partial charge in [-0.15, -0.1) is 0 Å². The van der Waals surface area contributed by atoms with Crippen molar-refractivity contribution in [1.82, 2.24) is 9.47 Å². The van der Waals surface area contributed by atoms with E-state index in [9.17, 15) is 4.79 Å². The Morgan fingerprint density at radius 1 is 1.04 bits per heavy atom. The molecule has 23 heavy (non-hydrogen) atoms. The first-order valence-corrected chi connectivity index (χ1v) is 8.53. The lowest BCUT2D eigenvalue weighted by molar-refractivity contribution is 0.142. The van der Waals surface area contributed by atoms with Crippen molar-refractivity contribution in [3.05, 3.63) is 47.3 Å². The maximum absolute atomic E-state index is 11.0. The number of hydrogen-bond donors (Lipinski definition) is 1. The molecule has 0 bridgehead atoms. The first-order chi connectivity index (χ1) is 11.2. The number of carbonyl (C=O) groups is 1. The van der Waals surface area contributed by atoms with Crippen LogP contribution in [-0.2, 0) is 0 Å². The van der Waals surface area contributed by atoms with Gasteiger partial charge in [0, 0.05) is 48.8 Å². The molecule has 2 aromatic heterocycles. The van der Waals surface area contributed by atoms with Crippen LogP contribution in [0.3, 0.4) is 0 Å². The van der Waals surface area contributed by atoms with Crippen LogP contribution in [0.2, 0.25) is 0 Å². The van der Waals surface area contributed by atoms with Gasteiger partial charge >= 0.3 is 6.09 Å². The Labute approximate surface area is 138 Å². The number of hydrogen-bond acceptors (Lipinski definition) is 3. The Morgan fingerprint density at radius 2 is 1.87 bits per heavy atom. The minimum Gasteiger partial charge on any atom is -0.465 e. The molecule has 1 N–H and O–H groups in total. The van der Waals surface area contributed by atoms with E-state index in [-0.39, 0.29) is 0 Å². The zero-order valence-electron chi connectivity index (χ0n) is 12.6. The lowest BCUT2D eigenvalue weighted by Crippen LogP contribution is -2.48. The van der Waals surface area contributed by atoms with E-state index in [2.05, 4.69) is 56.8 Å². The topological polar surface area (TPSA) is 48.7 Å². The van der Waals surface area contributed by atoms with Crippen LogP contribution in [0, 0.1) is 0 Å². The molecule has 3 aromatic rings. The molecule has 0 atom stereocenters. The second-order valence-corrected chi connectivity index (χ2v) is 6.45. The van der Waals surface area contributed by atoms with Gasteiger partial charge in [-0.05, 0) is 35.7 Å². The smallest absolute Gasteiger partial charge is 0.407 e. The maximum Gasteiger partial charge on any atom is 0.407 e. The zero-order chi connectivity index (χ0) is 15.8. The molecule has 1 aliphatic heterocycles. The normalized spacial score (nSPS) is 15.3. The van der Waals surface area contributed by atoms with Crippen molar-refractivity contribution in [2.24, 2.45) is 0 Å². The number of carboxylic acid groups (broad SMARTS) is 1. The van der Waals surface area contributed by atoms with E-state index < -0.39 is 6.09 Å². The summed E-state index contributed by atoms with van der Waals surface area (Å²) in [7, 11) is 0. The Balaban J connectivity index is 1.60. The standard InChI is InChI=1S/C17H17N3O2S/c21-17(22)19-8-6-18(7-9-19)14-1-2-16-13(11-14)3-5-20(16)15-4-10-23-12-15/h1-5,10-12H,6-9H2,(H,21,22). The zero-order valence-corrected chi connectivity index (χ0v) is 13.4. The summed E-state index contributed by atoms with van der Waals surface area (Å²) in [6.07, 6.45) is 1.27. The predicted molar refractivity (Wildman–Crippen MR) is 93.0 cm³/mol. The molecule has 118 valence electrons. The van der Waals surface area contributed by atoms with Crippen molar-refractivity contribution < 1.29 is 9.90 Å². The number of benzene rings is 1. The molecule has 4 rings (SSSR count). The molecule has 1 saturated heterocycles. The molecule has 1 aliphatic rings. The van der Waals surface area contributed by atoms with Crippen molar-refractivity contribution in [3.63, 3.8) is 0 Å². The van der Waals surface area contributed by atoms with Crippen LogP contribution < -0.4 is 4.90 Å². The third-order valence-electron chi connectivity index (χ3n) is 4.37. The second kappa shape index (κ2) is 5.62. The van der Waals surface area contributed by atoms with Gasteiger partial charge in [0.05, 0.1) is 11.2 Å². The number of fused-ring (bicyclic) bond motifs is 1. The highest BCUT2D eigenvalue weighted by atomic mass is 32.1. The second-order valence-electron chi connectivity index (χ2n) is 5.67. The first kappa shape index (κ1) is 14.1. The summed E-state index contributed by atoms with van der Waals surface area (Å²) in [5.41, 5.74) is 3.54. The predicted octanol–water partition coefficient (Wildman–Crippen LogP) is 3.49. The van der Waals surface area contributed by atoms with Gasteiger partial charge in [0.1, 0.15) is 0 Å². The van der Waals surface area contributed by atoms with Crippen LogP contribution in [0.1, 0.15) is 0 Å². The SMILES string of the molecule is O=C(O)N1CCN(c2ccc3c(ccn3-c3ccsc3)c2)CC1. The Morgan fingerprint density at radius 3 is 2.57 bits per heavy atom. The molecule has 1 fully saturated rings. The van der Waals surface area contributed by atoms with Crippen LogP contribution in [0.5, 0.6) is 0 Å². The van der Waals surface area contributed by atoms with E-state index in [1.54, 1.807) is 11.3 Å². The number of anilines is 1. The minimum absolute atomic E-state index is 0.559. The largest absolute Gasteiger partial charge is 0.465 e. The molecular formula is C17H17N3O2S. The fourth-order valence-corrected chi connectivity index (χ4v) is 3.73. The quantitative estimate of drug-likeness (QED) is 0.784.